The lowest BCUT2D eigenvalue weighted by Crippen LogP contribution is -2.36. The summed E-state index contributed by atoms with van der Waals surface area (Å²) in [5, 5.41) is 4.49. The van der Waals surface area contributed by atoms with E-state index in [0.717, 1.165) is 61.9 Å². The van der Waals surface area contributed by atoms with Crippen LogP contribution in [-0.2, 0) is 11.3 Å². The molecule has 1 aliphatic heterocycles. The molecule has 0 atom stereocenters. The molecular weight excluding hydrogens is 316 g/mol. The molecule has 1 N–H and O–H groups in total. The predicted octanol–water partition coefficient (Wildman–Crippen LogP) is 2.08. The van der Waals surface area contributed by atoms with E-state index in [4.69, 9.17) is 4.74 Å². The number of morpholine rings is 1. The Labute approximate surface area is 146 Å². The second-order valence-corrected chi connectivity index (χ2v) is 6.12. The van der Waals surface area contributed by atoms with E-state index in [9.17, 15) is 0 Å². The molecule has 1 aliphatic rings. The van der Waals surface area contributed by atoms with E-state index in [1.54, 1.807) is 6.33 Å². The van der Waals surface area contributed by atoms with Crippen LogP contribution in [0.5, 0.6) is 0 Å². The summed E-state index contributed by atoms with van der Waals surface area (Å²) in [6.45, 7) is 7.03. The van der Waals surface area contributed by atoms with E-state index in [-0.39, 0.29) is 0 Å². The number of hydrogen-bond acceptors (Lipinski definition) is 6. The monoisotopic (exact) mass is 338 g/mol. The second kappa shape index (κ2) is 7.06. The first-order chi connectivity index (χ1) is 12.3. The van der Waals surface area contributed by atoms with Crippen LogP contribution in [0.4, 0.5) is 11.5 Å². The third-order valence-corrected chi connectivity index (χ3v) is 4.56. The Morgan fingerprint density at radius 2 is 2.04 bits per heavy atom. The number of rotatable bonds is 5. The molecule has 0 radical (unpaired) electrons. The summed E-state index contributed by atoms with van der Waals surface area (Å²) in [7, 11) is 0. The van der Waals surface area contributed by atoms with Crippen LogP contribution in [0.3, 0.4) is 0 Å². The molecule has 0 amide bonds. The summed E-state index contributed by atoms with van der Waals surface area (Å²) < 4.78 is 7.56. The lowest BCUT2D eigenvalue weighted by Gasteiger charge is -2.29. The van der Waals surface area contributed by atoms with Crippen molar-refractivity contribution >= 4 is 22.4 Å². The minimum absolute atomic E-state index is 0.776. The number of nitrogens with one attached hydrogen (secondary N) is 1. The average molecular weight is 338 g/mol. The summed E-state index contributed by atoms with van der Waals surface area (Å²) in [6.07, 6.45) is 5.43. The lowest BCUT2D eigenvalue weighted by atomic mass is 10.2. The first-order valence-corrected chi connectivity index (χ1v) is 8.60. The molecule has 25 heavy (non-hydrogen) atoms. The topological polar surface area (TPSA) is 68.1 Å². The summed E-state index contributed by atoms with van der Waals surface area (Å²) in [6, 6.07) is 6.36. The predicted molar refractivity (Wildman–Crippen MR) is 98.0 cm³/mol. The summed E-state index contributed by atoms with van der Waals surface area (Å²) in [5.74, 6) is 1.89. The van der Waals surface area contributed by atoms with Gasteiger partial charge in [0.05, 0.1) is 18.7 Å². The van der Waals surface area contributed by atoms with Crippen LogP contribution in [0, 0.1) is 6.92 Å². The fourth-order valence-electron chi connectivity index (χ4n) is 3.14. The SMILES string of the molecule is Cc1nccn1CCNc1ncnc2ccc(N3CCOCC3)cc12. The molecule has 3 heterocycles. The molecular formula is C18H22N6O. The van der Waals surface area contributed by atoms with Crippen LogP contribution in [0.1, 0.15) is 5.82 Å². The number of benzene rings is 1. The molecule has 1 fully saturated rings. The summed E-state index contributed by atoms with van der Waals surface area (Å²) in [4.78, 5) is 15.4. The maximum atomic E-state index is 5.44. The zero-order chi connectivity index (χ0) is 17.1. The first kappa shape index (κ1) is 15.8. The van der Waals surface area contributed by atoms with Gasteiger partial charge in [-0.1, -0.05) is 0 Å². The number of fused-ring (bicyclic) bond motifs is 1. The first-order valence-electron chi connectivity index (χ1n) is 8.60. The Morgan fingerprint density at radius 3 is 2.84 bits per heavy atom. The van der Waals surface area contributed by atoms with Crippen LogP contribution in [0.25, 0.3) is 10.9 Å². The Bertz CT molecular complexity index is 856. The van der Waals surface area contributed by atoms with Crippen molar-refractivity contribution in [3.8, 4) is 0 Å². The van der Waals surface area contributed by atoms with Gasteiger partial charge < -0.3 is 19.5 Å². The Balaban J connectivity index is 1.54. The molecule has 2 aromatic heterocycles. The molecule has 0 spiro atoms. The molecule has 1 aromatic carbocycles. The smallest absolute Gasteiger partial charge is 0.137 e. The Morgan fingerprint density at radius 1 is 1.16 bits per heavy atom. The molecule has 7 heteroatoms. The summed E-state index contributed by atoms with van der Waals surface area (Å²) >= 11 is 0. The van der Waals surface area contributed by atoms with Gasteiger partial charge in [-0.3, -0.25) is 0 Å². The minimum Gasteiger partial charge on any atom is -0.378 e. The Kier molecular flexibility index (Phi) is 4.47. The van der Waals surface area contributed by atoms with Crippen molar-refractivity contribution in [2.75, 3.05) is 43.1 Å². The number of hydrogen-bond donors (Lipinski definition) is 1. The fourth-order valence-corrected chi connectivity index (χ4v) is 3.14. The number of aromatic nitrogens is 4. The van der Waals surface area contributed by atoms with Gasteiger partial charge in [0.1, 0.15) is 18.0 Å². The van der Waals surface area contributed by atoms with Crippen molar-refractivity contribution in [3.05, 3.63) is 42.7 Å². The standard InChI is InChI=1S/C18H22N6O/c1-14-19-4-6-23(14)7-5-20-18-16-12-15(24-8-10-25-11-9-24)2-3-17(16)21-13-22-18/h2-4,6,12-13H,5,7-11H2,1H3,(H,20,21,22). The van der Waals surface area contributed by atoms with Gasteiger partial charge in [-0.2, -0.15) is 0 Å². The number of anilines is 2. The maximum absolute atomic E-state index is 5.44. The third kappa shape index (κ3) is 3.41. The third-order valence-electron chi connectivity index (χ3n) is 4.56. The van der Waals surface area contributed by atoms with Crippen LogP contribution in [0.2, 0.25) is 0 Å². The van der Waals surface area contributed by atoms with Crippen LogP contribution >= 0.6 is 0 Å². The molecule has 130 valence electrons. The number of imidazole rings is 1. The van der Waals surface area contributed by atoms with E-state index in [0.29, 0.717) is 0 Å². The highest BCUT2D eigenvalue weighted by Crippen LogP contribution is 2.25. The normalized spacial score (nSPS) is 14.8. The largest absolute Gasteiger partial charge is 0.378 e. The highest BCUT2D eigenvalue weighted by atomic mass is 16.5. The highest BCUT2D eigenvalue weighted by Gasteiger charge is 2.13. The van der Waals surface area contributed by atoms with E-state index in [1.807, 2.05) is 19.3 Å². The number of nitrogens with zero attached hydrogens (tertiary/aromatic N) is 5. The molecule has 0 bridgehead atoms. The van der Waals surface area contributed by atoms with Crippen molar-refractivity contribution < 1.29 is 4.74 Å². The van der Waals surface area contributed by atoms with E-state index >= 15 is 0 Å². The van der Waals surface area contributed by atoms with Crippen molar-refractivity contribution in [2.24, 2.45) is 0 Å². The van der Waals surface area contributed by atoms with Gasteiger partial charge in [-0.05, 0) is 25.1 Å². The highest BCUT2D eigenvalue weighted by molar-refractivity contribution is 5.91. The van der Waals surface area contributed by atoms with Crippen molar-refractivity contribution in [2.45, 2.75) is 13.5 Å². The molecule has 3 aromatic rings. The molecule has 4 rings (SSSR count). The van der Waals surface area contributed by atoms with Gasteiger partial charge in [0.25, 0.3) is 0 Å². The molecule has 0 aliphatic carbocycles. The number of ether oxygens (including phenoxy) is 1. The zero-order valence-corrected chi connectivity index (χ0v) is 14.4. The van der Waals surface area contributed by atoms with Gasteiger partial charge >= 0.3 is 0 Å². The van der Waals surface area contributed by atoms with Gasteiger partial charge in [0.2, 0.25) is 0 Å². The van der Waals surface area contributed by atoms with Gasteiger partial charge in [-0.25, -0.2) is 15.0 Å². The van der Waals surface area contributed by atoms with Crippen LogP contribution in [0.15, 0.2) is 36.9 Å². The van der Waals surface area contributed by atoms with E-state index in [1.165, 1.54) is 5.69 Å². The van der Waals surface area contributed by atoms with Crippen molar-refractivity contribution in [1.82, 2.24) is 19.5 Å². The fraction of sp³-hybridized carbons (Fsp3) is 0.389. The molecule has 0 saturated carbocycles. The average Bonchev–Trinajstić information content (AvgIpc) is 3.07. The quantitative estimate of drug-likeness (QED) is 0.768. The maximum Gasteiger partial charge on any atom is 0.137 e. The molecule has 7 nitrogen and oxygen atoms in total. The second-order valence-electron chi connectivity index (χ2n) is 6.12. The van der Waals surface area contributed by atoms with Crippen molar-refractivity contribution in [3.63, 3.8) is 0 Å². The van der Waals surface area contributed by atoms with Gasteiger partial charge in [-0.15, -0.1) is 0 Å². The molecule has 1 saturated heterocycles. The van der Waals surface area contributed by atoms with E-state index in [2.05, 4.69) is 47.9 Å². The summed E-state index contributed by atoms with van der Waals surface area (Å²) in [5.41, 5.74) is 2.15. The van der Waals surface area contributed by atoms with Crippen LogP contribution < -0.4 is 10.2 Å². The number of aryl methyl sites for hydroxylation is 1. The van der Waals surface area contributed by atoms with Crippen LogP contribution in [-0.4, -0.2) is 52.4 Å². The van der Waals surface area contributed by atoms with E-state index < -0.39 is 0 Å². The minimum atomic E-state index is 0.776. The van der Waals surface area contributed by atoms with Gasteiger partial charge in [0, 0.05) is 49.6 Å². The van der Waals surface area contributed by atoms with Gasteiger partial charge in [0.15, 0.2) is 0 Å². The lowest BCUT2D eigenvalue weighted by molar-refractivity contribution is 0.122. The zero-order valence-electron chi connectivity index (χ0n) is 14.4. The Hall–Kier alpha value is -2.67. The molecule has 0 unspecified atom stereocenters. The van der Waals surface area contributed by atoms with Crippen molar-refractivity contribution in [1.29, 1.82) is 0 Å².